The fourth-order valence-electron chi connectivity index (χ4n) is 1.99. The van der Waals surface area contributed by atoms with Crippen LogP contribution in [0.4, 0.5) is 17.3 Å². The van der Waals surface area contributed by atoms with Gasteiger partial charge in [-0.25, -0.2) is 15.8 Å². The van der Waals surface area contributed by atoms with Crippen LogP contribution in [0.3, 0.4) is 0 Å². The third-order valence-electron chi connectivity index (χ3n) is 2.99. The first kappa shape index (κ1) is 12.7. The molecular weight excluding hydrogens is 276 g/mol. The highest BCUT2D eigenvalue weighted by Gasteiger charge is 2.10. The summed E-state index contributed by atoms with van der Waals surface area (Å²) >= 11 is 6.22. The van der Waals surface area contributed by atoms with Gasteiger partial charge in [-0.15, -0.1) is 0 Å². The molecule has 1 aromatic carbocycles. The number of nitrogens with zero attached hydrogens (tertiary/aromatic N) is 3. The lowest BCUT2D eigenvalue weighted by molar-refractivity contribution is 1.11. The quantitative estimate of drug-likeness (QED) is 0.510. The summed E-state index contributed by atoms with van der Waals surface area (Å²) in [5.41, 5.74) is 5.06. The summed E-state index contributed by atoms with van der Waals surface area (Å²) < 4.78 is 1.83. The predicted octanol–water partition coefficient (Wildman–Crippen LogP) is 2.72. The fourth-order valence-corrected chi connectivity index (χ4v) is 2.26. The number of aryl methyl sites for hydroxylation is 1. The number of benzene rings is 1. The van der Waals surface area contributed by atoms with E-state index in [0.29, 0.717) is 22.3 Å². The maximum atomic E-state index is 6.22. The van der Waals surface area contributed by atoms with Gasteiger partial charge in [-0.3, -0.25) is 0 Å². The number of aromatic nitrogens is 3. The lowest BCUT2D eigenvalue weighted by Gasteiger charge is -2.12. The number of hydrogen-bond donors (Lipinski definition) is 3. The molecule has 6 nitrogen and oxygen atoms in total. The smallest absolute Gasteiger partial charge is 0.180 e. The van der Waals surface area contributed by atoms with E-state index in [1.165, 1.54) is 0 Å². The van der Waals surface area contributed by atoms with Gasteiger partial charge >= 0.3 is 0 Å². The molecule has 3 aromatic rings. The molecule has 0 atom stereocenters. The van der Waals surface area contributed by atoms with Crippen LogP contribution in [0.15, 0.2) is 36.8 Å². The first-order chi connectivity index (χ1) is 9.69. The summed E-state index contributed by atoms with van der Waals surface area (Å²) in [5, 5.41) is 3.85. The first-order valence-electron chi connectivity index (χ1n) is 6.01. The highest BCUT2D eigenvalue weighted by atomic mass is 35.5. The Bertz CT molecular complexity index is 746. The fraction of sp³-hybridized carbons (Fsp3) is 0.0769. The van der Waals surface area contributed by atoms with Gasteiger partial charge in [-0.05, 0) is 18.6 Å². The number of hydrazine groups is 1. The van der Waals surface area contributed by atoms with Crippen LogP contribution >= 0.6 is 11.6 Å². The third kappa shape index (κ3) is 2.15. The highest BCUT2D eigenvalue weighted by Crippen LogP contribution is 2.29. The number of nitrogens with two attached hydrogens (primary N) is 1. The largest absolute Gasteiger partial charge is 0.336 e. The minimum Gasteiger partial charge on any atom is -0.336 e. The molecule has 0 saturated heterocycles. The van der Waals surface area contributed by atoms with Crippen LogP contribution in [-0.2, 0) is 0 Å². The monoisotopic (exact) mass is 288 g/mol. The molecule has 2 aromatic heterocycles. The average molecular weight is 289 g/mol. The minimum absolute atomic E-state index is 0.530. The van der Waals surface area contributed by atoms with Crippen LogP contribution in [0.1, 0.15) is 5.56 Å². The number of hydrogen-bond acceptors (Lipinski definition) is 5. The van der Waals surface area contributed by atoms with Gasteiger partial charge in [0.25, 0.3) is 0 Å². The molecule has 0 radical (unpaired) electrons. The number of nitrogen functional groups attached to an aromatic ring is 1. The van der Waals surface area contributed by atoms with Gasteiger partial charge in [-0.1, -0.05) is 23.7 Å². The molecule has 0 bridgehead atoms. The molecule has 0 saturated carbocycles. The second-order valence-electron chi connectivity index (χ2n) is 4.33. The molecule has 0 aliphatic rings. The Morgan fingerprint density at radius 2 is 2.20 bits per heavy atom. The Hall–Kier alpha value is -2.31. The van der Waals surface area contributed by atoms with Crippen molar-refractivity contribution in [1.29, 1.82) is 0 Å². The van der Waals surface area contributed by atoms with Crippen LogP contribution in [0.5, 0.6) is 0 Å². The van der Waals surface area contributed by atoms with E-state index in [1.54, 1.807) is 12.4 Å². The second-order valence-corrected chi connectivity index (χ2v) is 4.74. The van der Waals surface area contributed by atoms with Gasteiger partial charge < -0.3 is 15.1 Å². The molecule has 20 heavy (non-hydrogen) atoms. The second kappa shape index (κ2) is 4.99. The average Bonchev–Trinajstić information content (AvgIpc) is 2.91. The van der Waals surface area contributed by atoms with Crippen LogP contribution in [0.2, 0.25) is 5.02 Å². The summed E-state index contributed by atoms with van der Waals surface area (Å²) in [4.78, 5) is 8.66. The number of imidazole rings is 1. The molecule has 102 valence electrons. The molecule has 4 N–H and O–H groups in total. The number of rotatable bonds is 3. The van der Waals surface area contributed by atoms with Gasteiger partial charge in [0.05, 0.1) is 16.9 Å². The maximum absolute atomic E-state index is 6.22. The van der Waals surface area contributed by atoms with Crippen molar-refractivity contribution in [3.05, 3.63) is 47.4 Å². The van der Waals surface area contributed by atoms with Crippen molar-refractivity contribution in [2.75, 3.05) is 10.7 Å². The summed E-state index contributed by atoms with van der Waals surface area (Å²) in [6, 6.07) is 5.70. The summed E-state index contributed by atoms with van der Waals surface area (Å²) in [6.45, 7) is 1.97. The van der Waals surface area contributed by atoms with Crippen molar-refractivity contribution in [1.82, 2.24) is 14.4 Å². The minimum atomic E-state index is 0.530. The highest BCUT2D eigenvalue weighted by molar-refractivity contribution is 6.33. The predicted molar refractivity (Wildman–Crippen MR) is 80.3 cm³/mol. The van der Waals surface area contributed by atoms with E-state index in [9.17, 15) is 0 Å². The normalized spacial score (nSPS) is 10.8. The lowest BCUT2D eigenvalue weighted by Crippen LogP contribution is -2.11. The molecule has 2 heterocycles. The van der Waals surface area contributed by atoms with Gasteiger partial charge in [0.1, 0.15) is 0 Å². The Balaban J connectivity index is 2.12. The van der Waals surface area contributed by atoms with Gasteiger partial charge in [-0.2, -0.15) is 0 Å². The van der Waals surface area contributed by atoms with E-state index in [-0.39, 0.29) is 0 Å². The van der Waals surface area contributed by atoms with E-state index in [1.807, 2.05) is 35.7 Å². The third-order valence-corrected chi connectivity index (χ3v) is 3.30. The summed E-state index contributed by atoms with van der Waals surface area (Å²) in [7, 11) is 0. The molecule has 0 spiro atoms. The van der Waals surface area contributed by atoms with Gasteiger partial charge in [0.2, 0.25) is 0 Å². The van der Waals surface area contributed by atoms with Gasteiger partial charge in [0.15, 0.2) is 17.3 Å². The van der Waals surface area contributed by atoms with Crippen molar-refractivity contribution in [3.63, 3.8) is 0 Å². The zero-order chi connectivity index (χ0) is 14.1. The first-order valence-corrected chi connectivity index (χ1v) is 6.39. The maximum Gasteiger partial charge on any atom is 0.180 e. The van der Waals surface area contributed by atoms with Crippen LogP contribution in [0.25, 0.3) is 5.65 Å². The van der Waals surface area contributed by atoms with Crippen LogP contribution in [-0.4, -0.2) is 14.4 Å². The molecular formula is C13H13ClN6. The molecule has 0 aliphatic heterocycles. The summed E-state index contributed by atoms with van der Waals surface area (Å²) in [5.74, 6) is 6.55. The number of anilines is 3. The van der Waals surface area contributed by atoms with Crippen LogP contribution < -0.4 is 16.6 Å². The Morgan fingerprint density at radius 3 is 2.95 bits per heavy atom. The van der Waals surface area contributed by atoms with Crippen molar-refractivity contribution < 1.29 is 0 Å². The standard InChI is InChI=1S/C13H13ClN6/c1-8-3-2-4-9(14)11(8)18-12-13-16-5-6-20(13)7-10(17-12)19-15/h2-7,19H,15H2,1H3,(H,17,18). The zero-order valence-corrected chi connectivity index (χ0v) is 11.5. The van der Waals surface area contributed by atoms with E-state index in [4.69, 9.17) is 17.4 Å². The summed E-state index contributed by atoms with van der Waals surface area (Å²) in [6.07, 6.45) is 5.28. The Morgan fingerprint density at radius 1 is 1.35 bits per heavy atom. The Labute approximate surface area is 120 Å². The van der Waals surface area contributed by atoms with Crippen molar-refractivity contribution in [2.45, 2.75) is 6.92 Å². The molecule has 0 unspecified atom stereocenters. The SMILES string of the molecule is Cc1cccc(Cl)c1Nc1nc(NN)cn2ccnc12. The van der Waals surface area contributed by atoms with Crippen LogP contribution in [0, 0.1) is 6.92 Å². The lowest BCUT2D eigenvalue weighted by atomic mass is 10.2. The molecule has 7 heteroatoms. The number of para-hydroxylation sites is 1. The van der Waals surface area contributed by atoms with Crippen molar-refractivity contribution >= 4 is 34.6 Å². The molecule has 0 fully saturated rings. The van der Waals surface area contributed by atoms with E-state index in [0.717, 1.165) is 11.3 Å². The molecule has 0 amide bonds. The zero-order valence-electron chi connectivity index (χ0n) is 10.8. The van der Waals surface area contributed by atoms with E-state index < -0.39 is 0 Å². The number of nitrogens with one attached hydrogen (secondary N) is 2. The number of halogens is 1. The number of fused-ring (bicyclic) bond motifs is 1. The van der Waals surface area contributed by atoms with E-state index >= 15 is 0 Å². The van der Waals surface area contributed by atoms with Gasteiger partial charge in [0, 0.05) is 12.4 Å². The van der Waals surface area contributed by atoms with E-state index in [2.05, 4.69) is 20.7 Å². The Kier molecular flexibility index (Phi) is 3.17. The van der Waals surface area contributed by atoms with Crippen molar-refractivity contribution in [2.24, 2.45) is 5.84 Å². The molecule has 3 rings (SSSR count). The topological polar surface area (TPSA) is 80.3 Å². The molecule has 0 aliphatic carbocycles. The van der Waals surface area contributed by atoms with Crippen molar-refractivity contribution in [3.8, 4) is 0 Å².